The number of nitrogens with one attached hydrogen (secondary N) is 1. The summed E-state index contributed by atoms with van der Waals surface area (Å²) in [5.74, 6) is -0.0712. The van der Waals surface area contributed by atoms with Crippen LogP contribution in [0.3, 0.4) is 0 Å². The summed E-state index contributed by atoms with van der Waals surface area (Å²) < 4.78 is 0. The van der Waals surface area contributed by atoms with E-state index in [0.717, 1.165) is 0 Å². The fraction of sp³-hybridized carbons (Fsp3) is 0.867. The van der Waals surface area contributed by atoms with Gasteiger partial charge in [0.15, 0.2) is 0 Å². The highest BCUT2D eigenvalue weighted by molar-refractivity contribution is 6.00. The summed E-state index contributed by atoms with van der Waals surface area (Å²) in [6, 6.07) is 0.371. The van der Waals surface area contributed by atoms with Gasteiger partial charge in [-0.3, -0.25) is 14.5 Å². The Bertz CT molecular complexity index is 388. The van der Waals surface area contributed by atoms with E-state index >= 15 is 0 Å². The zero-order valence-corrected chi connectivity index (χ0v) is 11.8. The molecule has 0 aromatic carbocycles. The number of likely N-dealkylation sites (N-methyl/N-ethyl adjacent to an activating group) is 1. The second kappa shape index (κ2) is 4.89. The lowest BCUT2D eigenvalue weighted by Gasteiger charge is -2.53. The maximum Gasteiger partial charge on any atom is 0.246 e. The molecule has 1 spiro atoms. The molecule has 3 fully saturated rings. The number of carbonyl (C=O) groups excluding carboxylic acids is 2. The number of carbonyl (C=O) groups is 2. The minimum atomic E-state index is -0.133. The SMILES string of the molecule is CN1C(=O)CCC(NC2CCC23CCCCC3)C1=O. The van der Waals surface area contributed by atoms with Crippen molar-refractivity contribution in [2.45, 2.75) is 69.9 Å². The average Bonchev–Trinajstić information content (AvgIpc) is 2.44. The number of hydrogen-bond acceptors (Lipinski definition) is 3. The molecule has 1 aliphatic heterocycles. The van der Waals surface area contributed by atoms with Crippen LogP contribution in [0.15, 0.2) is 0 Å². The first-order valence-corrected chi connectivity index (χ1v) is 7.69. The standard InChI is InChI=1S/C15H24N2O2/c1-17-13(18)6-5-11(14(17)19)16-12-7-10-15(12)8-3-2-4-9-15/h11-12,16H,2-10H2,1H3. The predicted molar refractivity (Wildman–Crippen MR) is 72.5 cm³/mol. The highest BCUT2D eigenvalue weighted by atomic mass is 16.2. The van der Waals surface area contributed by atoms with E-state index in [1.165, 1.54) is 49.8 Å². The molecule has 2 aliphatic carbocycles. The van der Waals surface area contributed by atoms with E-state index in [-0.39, 0.29) is 17.9 Å². The molecule has 1 saturated heterocycles. The molecule has 2 saturated carbocycles. The molecular weight excluding hydrogens is 240 g/mol. The van der Waals surface area contributed by atoms with Crippen molar-refractivity contribution in [3.63, 3.8) is 0 Å². The van der Waals surface area contributed by atoms with Crippen molar-refractivity contribution in [3.8, 4) is 0 Å². The van der Waals surface area contributed by atoms with Crippen LogP contribution in [-0.4, -0.2) is 35.8 Å². The summed E-state index contributed by atoms with van der Waals surface area (Å²) in [4.78, 5) is 24.9. The Hall–Kier alpha value is -0.900. The van der Waals surface area contributed by atoms with Crippen LogP contribution in [-0.2, 0) is 9.59 Å². The van der Waals surface area contributed by atoms with Gasteiger partial charge in [-0.05, 0) is 37.5 Å². The fourth-order valence-electron chi connectivity index (χ4n) is 4.12. The van der Waals surface area contributed by atoms with Gasteiger partial charge in [0.05, 0.1) is 6.04 Å². The first-order chi connectivity index (χ1) is 9.12. The van der Waals surface area contributed by atoms with Crippen LogP contribution >= 0.6 is 0 Å². The third kappa shape index (κ3) is 2.20. The van der Waals surface area contributed by atoms with Gasteiger partial charge in [-0.15, -0.1) is 0 Å². The highest BCUT2D eigenvalue weighted by Gasteiger charge is 2.48. The monoisotopic (exact) mass is 264 g/mol. The van der Waals surface area contributed by atoms with Crippen LogP contribution in [0, 0.1) is 5.41 Å². The van der Waals surface area contributed by atoms with Crippen molar-refractivity contribution < 1.29 is 9.59 Å². The molecule has 4 heteroatoms. The van der Waals surface area contributed by atoms with E-state index in [2.05, 4.69) is 5.32 Å². The maximum atomic E-state index is 12.1. The third-order valence-electron chi connectivity index (χ3n) is 5.57. The number of hydrogen-bond donors (Lipinski definition) is 1. The number of nitrogens with zero attached hydrogens (tertiary/aromatic N) is 1. The Morgan fingerprint density at radius 3 is 2.47 bits per heavy atom. The van der Waals surface area contributed by atoms with Crippen molar-refractivity contribution in [2.75, 3.05) is 7.05 Å². The molecule has 0 aromatic rings. The molecule has 1 N–H and O–H groups in total. The molecular formula is C15H24N2O2. The molecule has 0 bridgehead atoms. The lowest BCUT2D eigenvalue weighted by Crippen LogP contribution is -2.61. The first kappa shape index (κ1) is 13.1. The number of imide groups is 1. The first-order valence-electron chi connectivity index (χ1n) is 7.69. The normalized spacial score (nSPS) is 34.5. The van der Waals surface area contributed by atoms with E-state index in [1.54, 1.807) is 7.05 Å². The molecule has 2 amide bonds. The van der Waals surface area contributed by atoms with Crippen LogP contribution in [0.2, 0.25) is 0 Å². The van der Waals surface area contributed by atoms with Crippen molar-refractivity contribution >= 4 is 11.8 Å². The summed E-state index contributed by atoms with van der Waals surface area (Å²) in [7, 11) is 1.61. The summed E-state index contributed by atoms with van der Waals surface area (Å²) in [5, 5.41) is 3.57. The van der Waals surface area contributed by atoms with Crippen LogP contribution in [0.25, 0.3) is 0 Å². The highest BCUT2D eigenvalue weighted by Crippen LogP contribution is 2.51. The Morgan fingerprint density at radius 1 is 1.11 bits per heavy atom. The van der Waals surface area contributed by atoms with Crippen molar-refractivity contribution in [1.82, 2.24) is 10.2 Å². The number of piperidine rings is 1. The molecule has 2 unspecified atom stereocenters. The second-order valence-electron chi connectivity index (χ2n) is 6.56. The molecule has 19 heavy (non-hydrogen) atoms. The minimum Gasteiger partial charge on any atom is -0.302 e. The van der Waals surface area contributed by atoms with Gasteiger partial charge in [0, 0.05) is 19.5 Å². The molecule has 0 radical (unpaired) electrons. The molecule has 4 nitrogen and oxygen atoms in total. The second-order valence-corrected chi connectivity index (χ2v) is 6.56. The van der Waals surface area contributed by atoms with E-state index in [0.29, 0.717) is 24.3 Å². The number of amides is 2. The zero-order chi connectivity index (χ0) is 13.5. The smallest absolute Gasteiger partial charge is 0.246 e. The van der Waals surface area contributed by atoms with E-state index < -0.39 is 0 Å². The van der Waals surface area contributed by atoms with Gasteiger partial charge >= 0.3 is 0 Å². The average molecular weight is 264 g/mol. The summed E-state index contributed by atoms with van der Waals surface area (Å²) in [6.45, 7) is 0. The third-order valence-corrected chi connectivity index (χ3v) is 5.57. The predicted octanol–water partition coefficient (Wildman–Crippen LogP) is 1.84. The zero-order valence-electron chi connectivity index (χ0n) is 11.8. The number of rotatable bonds is 2. The Labute approximate surface area is 114 Å². The Kier molecular flexibility index (Phi) is 3.37. The Balaban J connectivity index is 1.62. The van der Waals surface area contributed by atoms with Crippen LogP contribution in [0.1, 0.15) is 57.8 Å². The van der Waals surface area contributed by atoms with Crippen LogP contribution < -0.4 is 5.32 Å². The van der Waals surface area contributed by atoms with Gasteiger partial charge in [-0.25, -0.2) is 0 Å². The molecule has 3 rings (SSSR count). The molecule has 1 heterocycles. The Morgan fingerprint density at radius 2 is 1.84 bits per heavy atom. The molecule has 0 aromatic heterocycles. The lowest BCUT2D eigenvalue weighted by atomic mass is 9.57. The summed E-state index contributed by atoms with van der Waals surface area (Å²) >= 11 is 0. The van der Waals surface area contributed by atoms with Crippen molar-refractivity contribution in [1.29, 1.82) is 0 Å². The molecule has 3 aliphatic rings. The molecule has 106 valence electrons. The topological polar surface area (TPSA) is 49.4 Å². The largest absolute Gasteiger partial charge is 0.302 e. The number of likely N-dealkylation sites (tertiary alicyclic amines) is 1. The van der Waals surface area contributed by atoms with Crippen molar-refractivity contribution in [3.05, 3.63) is 0 Å². The van der Waals surface area contributed by atoms with Crippen LogP contribution in [0.4, 0.5) is 0 Å². The fourth-order valence-corrected chi connectivity index (χ4v) is 4.12. The van der Waals surface area contributed by atoms with Crippen molar-refractivity contribution in [2.24, 2.45) is 5.41 Å². The summed E-state index contributed by atoms with van der Waals surface area (Å²) in [6.07, 6.45) is 10.4. The maximum absolute atomic E-state index is 12.1. The minimum absolute atomic E-state index is 0.0332. The van der Waals surface area contributed by atoms with Gasteiger partial charge in [0.2, 0.25) is 11.8 Å². The van der Waals surface area contributed by atoms with Gasteiger partial charge in [-0.1, -0.05) is 19.3 Å². The lowest BCUT2D eigenvalue weighted by molar-refractivity contribution is -0.149. The summed E-state index contributed by atoms with van der Waals surface area (Å²) in [5.41, 5.74) is 0.471. The van der Waals surface area contributed by atoms with Gasteiger partial charge in [0.25, 0.3) is 0 Å². The van der Waals surface area contributed by atoms with E-state index in [1.807, 2.05) is 0 Å². The quantitative estimate of drug-likeness (QED) is 0.774. The van der Waals surface area contributed by atoms with Gasteiger partial charge < -0.3 is 5.32 Å². The van der Waals surface area contributed by atoms with E-state index in [4.69, 9.17) is 0 Å². The van der Waals surface area contributed by atoms with Gasteiger partial charge in [-0.2, -0.15) is 0 Å². The van der Waals surface area contributed by atoms with E-state index in [9.17, 15) is 9.59 Å². The molecule has 2 atom stereocenters. The van der Waals surface area contributed by atoms with Crippen LogP contribution in [0.5, 0.6) is 0 Å². The van der Waals surface area contributed by atoms with Gasteiger partial charge in [0.1, 0.15) is 0 Å².